The number of nitrogens with zero attached hydrogens (tertiary/aromatic N) is 3. The van der Waals surface area contributed by atoms with Gasteiger partial charge in [0.05, 0.1) is 0 Å². The minimum absolute atomic E-state index is 0.101. The van der Waals surface area contributed by atoms with Gasteiger partial charge < -0.3 is 14.5 Å². The van der Waals surface area contributed by atoms with E-state index in [1.54, 1.807) is 24.3 Å². The second-order valence-electron chi connectivity index (χ2n) is 9.69. The molecule has 2 heterocycles. The summed E-state index contributed by atoms with van der Waals surface area (Å²) < 4.78 is 10.7. The van der Waals surface area contributed by atoms with E-state index >= 15 is 0 Å². The third-order valence-electron chi connectivity index (χ3n) is 7.30. The zero-order valence-corrected chi connectivity index (χ0v) is 20.4. The zero-order valence-electron chi connectivity index (χ0n) is 19.6. The van der Waals surface area contributed by atoms with Crippen LogP contribution in [0, 0.1) is 11.3 Å². The van der Waals surface area contributed by atoms with E-state index in [0.29, 0.717) is 29.3 Å². The van der Waals surface area contributed by atoms with Gasteiger partial charge in [-0.3, -0.25) is 14.5 Å². The Kier molecular flexibility index (Phi) is 6.66. The summed E-state index contributed by atoms with van der Waals surface area (Å²) in [5, 5.41) is 11.2. The lowest BCUT2D eigenvalue weighted by atomic mass is 9.65. The van der Waals surface area contributed by atoms with Crippen molar-refractivity contribution in [1.29, 1.82) is 0 Å². The fourth-order valence-electron chi connectivity index (χ4n) is 4.68. The Morgan fingerprint density at radius 2 is 1.91 bits per heavy atom. The number of rotatable bonds is 7. The van der Waals surface area contributed by atoms with Crippen LogP contribution in [0.25, 0.3) is 11.5 Å². The highest BCUT2D eigenvalue weighted by atomic mass is 35.5. The van der Waals surface area contributed by atoms with E-state index in [4.69, 9.17) is 20.8 Å². The van der Waals surface area contributed by atoms with Gasteiger partial charge in [0.25, 0.3) is 11.8 Å². The molecule has 1 spiro atoms. The minimum atomic E-state index is -0.919. The first-order valence-corrected chi connectivity index (χ1v) is 11.9. The van der Waals surface area contributed by atoms with Crippen LogP contribution >= 0.6 is 11.6 Å². The van der Waals surface area contributed by atoms with Crippen molar-refractivity contribution in [2.24, 2.45) is 11.3 Å². The van der Waals surface area contributed by atoms with Crippen molar-refractivity contribution >= 4 is 29.5 Å². The Bertz CT molecular complexity index is 1070. The normalized spacial score (nSPS) is 22.8. The van der Waals surface area contributed by atoms with Gasteiger partial charge in [-0.1, -0.05) is 38.8 Å². The molecule has 0 unspecified atom stereocenters. The quantitative estimate of drug-likeness (QED) is 0.455. The first-order chi connectivity index (χ1) is 16.1. The molecule has 2 aromatic rings. The Balaban J connectivity index is 1.31. The van der Waals surface area contributed by atoms with Crippen LogP contribution in [-0.2, 0) is 20.9 Å². The monoisotopic (exact) mass is 488 g/mol. The average molecular weight is 489 g/mol. The molecule has 3 amide bonds. The number of esters is 1. The number of ether oxygens (including phenoxy) is 1. The smallest absolute Gasteiger partial charge is 0.326 e. The van der Waals surface area contributed by atoms with Crippen LogP contribution in [-0.4, -0.2) is 45.1 Å². The molecular weight excluding hydrogens is 460 g/mol. The number of benzene rings is 1. The van der Waals surface area contributed by atoms with Crippen molar-refractivity contribution in [3.8, 4) is 11.5 Å². The van der Waals surface area contributed by atoms with Crippen molar-refractivity contribution in [3.05, 3.63) is 35.2 Å². The summed E-state index contributed by atoms with van der Waals surface area (Å²) in [6.45, 7) is 5.94. The molecule has 1 aliphatic heterocycles. The number of urea groups is 1. The second-order valence-corrected chi connectivity index (χ2v) is 10.1. The molecule has 0 bridgehead atoms. The van der Waals surface area contributed by atoms with E-state index in [0.717, 1.165) is 24.2 Å². The highest BCUT2D eigenvalue weighted by molar-refractivity contribution is 6.30. The summed E-state index contributed by atoms with van der Waals surface area (Å²) in [6, 6.07) is 6.30. The molecule has 1 saturated carbocycles. The van der Waals surface area contributed by atoms with Gasteiger partial charge in [0.15, 0.2) is 6.61 Å². The van der Waals surface area contributed by atoms with Crippen LogP contribution in [0.3, 0.4) is 0 Å². The van der Waals surface area contributed by atoms with E-state index in [2.05, 4.69) is 36.3 Å². The van der Waals surface area contributed by atoms with Gasteiger partial charge in [-0.2, -0.15) is 0 Å². The van der Waals surface area contributed by atoms with Crippen LogP contribution in [0.1, 0.15) is 58.8 Å². The molecule has 1 N–H and O–H groups in total. The molecule has 0 atom stereocenters. The van der Waals surface area contributed by atoms with Crippen LogP contribution in [0.15, 0.2) is 28.7 Å². The van der Waals surface area contributed by atoms with Crippen LogP contribution in [0.2, 0.25) is 5.02 Å². The highest BCUT2D eigenvalue weighted by Crippen LogP contribution is 2.45. The van der Waals surface area contributed by atoms with Gasteiger partial charge in [-0.15, -0.1) is 10.2 Å². The molecule has 4 rings (SSSR count). The van der Waals surface area contributed by atoms with Crippen molar-refractivity contribution in [2.45, 2.75) is 65.0 Å². The first-order valence-electron chi connectivity index (χ1n) is 11.5. The Morgan fingerprint density at radius 1 is 1.24 bits per heavy atom. The Labute approximate surface area is 203 Å². The molecule has 1 saturated heterocycles. The summed E-state index contributed by atoms with van der Waals surface area (Å²) in [7, 11) is 0. The lowest BCUT2D eigenvalue weighted by Crippen LogP contribution is -2.51. The number of hydrogen-bond donors (Lipinski definition) is 1. The third kappa shape index (κ3) is 4.80. The molecular formula is C24H29ClN4O5. The molecule has 1 aromatic heterocycles. The lowest BCUT2D eigenvalue weighted by Gasteiger charge is -2.42. The average Bonchev–Trinajstić information content (AvgIpc) is 3.38. The number of halogens is 1. The number of carbonyl (C=O) groups is 3. The van der Waals surface area contributed by atoms with Crippen LogP contribution in [0.5, 0.6) is 0 Å². The highest BCUT2D eigenvalue weighted by Gasteiger charge is 2.53. The van der Waals surface area contributed by atoms with Crippen LogP contribution < -0.4 is 5.32 Å². The first kappa shape index (κ1) is 24.2. The third-order valence-corrected chi connectivity index (χ3v) is 7.56. The summed E-state index contributed by atoms with van der Waals surface area (Å²) in [6.07, 6.45) is 3.93. The molecule has 10 heteroatoms. The van der Waals surface area contributed by atoms with Gasteiger partial charge >= 0.3 is 12.0 Å². The van der Waals surface area contributed by atoms with E-state index in [9.17, 15) is 14.4 Å². The number of nitrogens with one attached hydrogen (secondary N) is 1. The van der Waals surface area contributed by atoms with Gasteiger partial charge in [-0.25, -0.2) is 4.79 Å². The standard InChI is InChI=1S/C24H29ClN4O5/c1-4-23(2,3)16-9-11-24(12-10-16)21(31)29(22(32)26-24)13-19(30)33-14-18-27-28-20(34-18)15-5-7-17(25)8-6-15/h5-8,16H,4,9-14H2,1-3H3,(H,26,32). The number of carbonyl (C=O) groups excluding carboxylic acids is 3. The maximum atomic E-state index is 13.1. The largest absolute Gasteiger partial charge is 0.454 e. The fraction of sp³-hybridized carbons (Fsp3) is 0.542. The van der Waals surface area contributed by atoms with Gasteiger partial charge in [-0.05, 0) is 61.3 Å². The van der Waals surface area contributed by atoms with Crippen molar-refractivity contribution < 1.29 is 23.5 Å². The summed E-state index contributed by atoms with van der Waals surface area (Å²) >= 11 is 5.88. The molecule has 182 valence electrons. The molecule has 1 aliphatic carbocycles. The molecule has 2 fully saturated rings. The minimum Gasteiger partial charge on any atom is -0.454 e. The summed E-state index contributed by atoms with van der Waals surface area (Å²) in [5.74, 6) is -0.221. The van der Waals surface area contributed by atoms with Gasteiger partial charge in [0.1, 0.15) is 12.1 Å². The second kappa shape index (κ2) is 9.37. The molecule has 2 aliphatic rings. The van der Waals surface area contributed by atoms with Crippen molar-refractivity contribution in [3.63, 3.8) is 0 Å². The molecule has 0 radical (unpaired) electrons. The molecule has 34 heavy (non-hydrogen) atoms. The van der Waals surface area contributed by atoms with Gasteiger partial charge in [0.2, 0.25) is 5.89 Å². The number of amides is 3. The van der Waals surface area contributed by atoms with Crippen molar-refractivity contribution in [1.82, 2.24) is 20.4 Å². The van der Waals surface area contributed by atoms with Crippen LogP contribution in [0.4, 0.5) is 4.79 Å². The lowest BCUT2D eigenvalue weighted by molar-refractivity contribution is -0.149. The summed E-state index contributed by atoms with van der Waals surface area (Å²) in [5.41, 5.74) is -0.0486. The zero-order chi connectivity index (χ0) is 24.5. The number of hydrogen-bond acceptors (Lipinski definition) is 7. The fourth-order valence-corrected chi connectivity index (χ4v) is 4.80. The predicted molar refractivity (Wildman–Crippen MR) is 124 cm³/mol. The maximum Gasteiger partial charge on any atom is 0.326 e. The molecule has 1 aromatic carbocycles. The topological polar surface area (TPSA) is 115 Å². The Hall–Kier alpha value is -2.94. The SMILES string of the molecule is CCC(C)(C)C1CCC2(CC1)NC(=O)N(CC(=O)OCc1nnc(-c3ccc(Cl)cc3)o1)C2=O. The van der Waals surface area contributed by atoms with Crippen molar-refractivity contribution in [2.75, 3.05) is 6.54 Å². The number of aromatic nitrogens is 2. The Morgan fingerprint density at radius 3 is 2.56 bits per heavy atom. The van der Waals surface area contributed by atoms with Gasteiger partial charge in [0, 0.05) is 10.6 Å². The van der Waals surface area contributed by atoms with E-state index in [-0.39, 0.29) is 29.7 Å². The summed E-state index contributed by atoms with van der Waals surface area (Å²) in [4.78, 5) is 38.9. The van der Waals surface area contributed by atoms with E-state index in [1.807, 2.05) is 0 Å². The molecule has 9 nitrogen and oxygen atoms in total. The predicted octanol–water partition coefficient (Wildman–Crippen LogP) is 4.35. The van der Waals surface area contributed by atoms with E-state index in [1.165, 1.54) is 0 Å². The van der Waals surface area contributed by atoms with E-state index < -0.39 is 24.1 Å². The number of imide groups is 1. The maximum absolute atomic E-state index is 13.1.